The number of rotatable bonds is 2. The van der Waals surface area contributed by atoms with Crippen molar-refractivity contribution in [2.75, 3.05) is 13.1 Å². The molecule has 19 heavy (non-hydrogen) atoms. The van der Waals surface area contributed by atoms with Crippen LogP contribution in [0.5, 0.6) is 0 Å². The maximum atomic E-state index is 12.5. The fraction of sp³-hybridized carbons (Fsp3) is 0.727. The maximum Gasteiger partial charge on any atom is 0.248 e. The molecule has 0 spiro atoms. The van der Waals surface area contributed by atoms with E-state index in [1.165, 1.54) is 4.31 Å². The SMILES string of the molecule is Cc1noc(C)c1S(=O)(=O)N1CCC(N)C(C)C1.Cl. The van der Waals surface area contributed by atoms with Gasteiger partial charge in [-0.05, 0) is 26.2 Å². The summed E-state index contributed by atoms with van der Waals surface area (Å²) in [5, 5.41) is 3.71. The molecule has 2 atom stereocenters. The van der Waals surface area contributed by atoms with Gasteiger partial charge in [0.2, 0.25) is 10.0 Å². The van der Waals surface area contributed by atoms with Crippen LogP contribution >= 0.6 is 12.4 Å². The molecule has 2 N–H and O–H groups in total. The van der Waals surface area contributed by atoms with E-state index >= 15 is 0 Å². The van der Waals surface area contributed by atoms with E-state index in [4.69, 9.17) is 10.3 Å². The molecule has 1 aromatic heterocycles. The number of nitrogens with zero attached hydrogens (tertiary/aromatic N) is 2. The minimum Gasteiger partial charge on any atom is -0.360 e. The zero-order valence-electron chi connectivity index (χ0n) is 11.3. The summed E-state index contributed by atoms with van der Waals surface area (Å²) in [5.74, 6) is 0.504. The average molecular weight is 310 g/mol. The van der Waals surface area contributed by atoms with Crippen LogP contribution in [-0.2, 0) is 10.0 Å². The first kappa shape index (κ1) is 16.4. The van der Waals surface area contributed by atoms with Crippen LogP contribution in [0.15, 0.2) is 9.42 Å². The number of aromatic nitrogens is 1. The van der Waals surface area contributed by atoms with Crippen LogP contribution in [0.1, 0.15) is 24.8 Å². The van der Waals surface area contributed by atoms with Crippen molar-refractivity contribution < 1.29 is 12.9 Å². The molecule has 1 fully saturated rings. The molecule has 2 heterocycles. The van der Waals surface area contributed by atoms with Crippen LogP contribution < -0.4 is 5.73 Å². The van der Waals surface area contributed by atoms with Crippen molar-refractivity contribution in [2.24, 2.45) is 11.7 Å². The predicted molar refractivity (Wildman–Crippen MR) is 73.7 cm³/mol. The number of piperidine rings is 1. The van der Waals surface area contributed by atoms with Crippen LogP contribution in [0.2, 0.25) is 0 Å². The molecule has 0 aliphatic carbocycles. The molecule has 2 unspecified atom stereocenters. The van der Waals surface area contributed by atoms with E-state index in [9.17, 15) is 8.42 Å². The Kier molecular flexibility index (Phi) is 5.00. The smallest absolute Gasteiger partial charge is 0.248 e. The Morgan fingerprint density at radius 3 is 2.53 bits per heavy atom. The van der Waals surface area contributed by atoms with Gasteiger partial charge in [-0.2, -0.15) is 4.31 Å². The Morgan fingerprint density at radius 2 is 2.05 bits per heavy atom. The number of nitrogens with two attached hydrogens (primary N) is 1. The highest BCUT2D eigenvalue weighted by atomic mass is 35.5. The fourth-order valence-corrected chi connectivity index (χ4v) is 4.16. The molecule has 0 aromatic carbocycles. The highest BCUT2D eigenvalue weighted by Gasteiger charge is 2.35. The maximum absolute atomic E-state index is 12.5. The van der Waals surface area contributed by atoms with Crippen LogP contribution in [-0.4, -0.2) is 37.0 Å². The molecular formula is C11H20ClN3O3S. The summed E-state index contributed by atoms with van der Waals surface area (Å²) in [6.45, 7) is 6.14. The van der Waals surface area contributed by atoms with Crippen molar-refractivity contribution in [1.82, 2.24) is 9.46 Å². The van der Waals surface area contributed by atoms with Gasteiger partial charge in [0.05, 0.1) is 0 Å². The highest BCUT2D eigenvalue weighted by Crippen LogP contribution is 2.27. The predicted octanol–water partition coefficient (Wildman–Crippen LogP) is 1.07. The van der Waals surface area contributed by atoms with Gasteiger partial charge in [0, 0.05) is 19.1 Å². The molecule has 1 aliphatic heterocycles. The molecule has 8 heteroatoms. The molecule has 1 aliphatic rings. The minimum absolute atomic E-state index is 0. The third-order valence-corrected chi connectivity index (χ3v) is 5.61. The van der Waals surface area contributed by atoms with Gasteiger partial charge in [-0.15, -0.1) is 12.4 Å². The molecule has 6 nitrogen and oxygen atoms in total. The summed E-state index contributed by atoms with van der Waals surface area (Å²) in [6.07, 6.45) is 0.684. The van der Waals surface area contributed by atoms with Gasteiger partial charge in [0.15, 0.2) is 5.76 Å². The lowest BCUT2D eigenvalue weighted by atomic mass is 9.96. The van der Waals surface area contributed by atoms with E-state index in [0.717, 1.165) is 0 Å². The van der Waals surface area contributed by atoms with Crippen molar-refractivity contribution in [1.29, 1.82) is 0 Å². The Bertz CT molecular complexity index is 524. The Balaban J connectivity index is 0.00000180. The van der Waals surface area contributed by atoms with Gasteiger partial charge >= 0.3 is 0 Å². The molecule has 1 aromatic rings. The second-order valence-electron chi connectivity index (χ2n) is 4.95. The summed E-state index contributed by atoms with van der Waals surface area (Å²) in [4.78, 5) is 0.199. The van der Waals surface area contributed by atoms with Crippen molar-refractivity contribution in [3.8, 4) is 0 Å². The second kappa shape index (κ2) is 5.78. The van der Waals surface area contributed by atoms with E-state index < -0.39 is 10.0 Å². The lowest BCUT2D eigenvalue weighted by Gasteiger charge is -2.34. The van der Waals surface area contributed by atoms with Crippen LogP contribution in [0.25, 0.3) is 0 Å². The van der Waals surface area contributed by atoms with E-state index in [2.05, 4.69) is 5.16 Å². The summed E-state index contributed by atoms with van der Waals surface area (Å²) in [6, 6.07) is 0.0705. The quantitative estimate of drug-likeness (QED) is 0.882. The molecule has 1 saturated heterocycles. The number of hydrogen-bond acceptors (Lipinski definition) is 5. The molecule has 2 rings (SSSR count). The first-order valence-corrected chi connectivity index (χ1v) is 7.46. The van der Waals surface area contributed by atoms with E-state index in [0.29, 0.717) is 31.0 Å². The standard InChI is InChI=1S/C11H19N3O3S.ClH/c1-7-6-14(5-4-10(7)12)18(15,16)11-8(2)13-17-9(11)3;/h7,10H,4-6,12H2,1-3H3;1H. The van der Waals surface area contributed by atoms with Crippen LogP contribution in [0.3, 0.4) is 0 Å². The normalized spacial score (nSPS) is 25.1. The number of aryl methyl sites for hydroxylation is 2. The highest BCUT2D eigenvalue weighted by molar-refractivity contribution is 7.89. The molecule has 0 radical (unpaired) electrons. The minimum atomic E-state index is -3.51. The molecule has 0 bridgehead atoms. The fourth-order valence-electron chi connectivity index (χ4n) is 2.32. The summed E-state index contributed by atoms with van der Waals surface area (Å²) < 4.78 is 31.5. The van der Waals surface area contributed by atoms with Gasteiger partial charge in [-0.3, -0.25) is 0 Å². The van der Waals surface area contributed by atoms with E-state index in [1.54, 1.807) is 13.8 Å². The monoisotopic (exact) mass is 309 g/mol. The van der Waals surface area contributed by atoms with Crippen molar-refractivity contribution in [2.45, 2.75) is 38.1 Å². The van der Waals surface area contributed by atoms with Gasteiger partial charge < -0.3 is 10.3 Å². The summed E-state index contributed by atoms with van der Waals surface area (Å²) >= 11 is 0. The summed E-state index contributed by atoms with van der Waals surface area (Å²) in [5.41, 5.74) is 6.32. The first-order chi connectivity index (χ1) is 8.34. The number of halogens is 1. The van der Waals surface area contributed by atoms with E-state index in [-0.39, 0.29) is 29.3 Å². The first-order valence-electron chi connectivity index (χ1n) is 6.02. The topological polar surface area (TPSA) is 89.4 Å². The second-order valence-corrected chi connectivity index (χ2v) is 6.82. The van der Waals surface area contributed by atoms with Gasteiger partial charge in [-0.25, -0.2) is 8.42 Å². The molecule has 0 amide bonds. The number of sulfonamides is 1. The van der Waals surface area contributed by atoms with Gasteiger partial charge in [0.1, 0.15) is 10.6 Å². The van der Waals surface area contributed by atoms with Gasteiger partial charge in [0.25, 0.3) is 0 Å². The Labute approximate surface area is 119 Å². The van der Waals surface area contributed by atoms with Gasteiger partial charge in [-0.1, -0.05) is 12.1 Å². The third-order valence-electron chi connectivity index (χ3n) is 3.50. The lowest BCUT2D eigenvalue weighted by Crippen LogP contribution is -2.48. The molecular weight excluding hydrogens is 290 g/mol. The Hall–Kier alpha value is -0.630. The average Bonchev–Trinajstić information content (AvgIpc) is 2.62. The van der Waals surface area contributed by atoms with Crippen LogP contribution in [0.4, 0.5) is 0 Å². The zero-order valence-corrected chi connectivity index (χ0v) is 12.9. The van der Waals surface area contributed by atoms with Crippen molar-refractivity contribution in [3.63, 3.8) is 0 Å². The largest absolute Gasteiger partial charge is 0.360 e. The summed E-state index contributed by atoms with van der Waals surface area (Å²) in [7, 11) is -3.51. The van der Waals surface area contributed by atoms with E-state index in [1.807, 2.05) is 6.92 Å². The zero-order chi connectivity index (χ0) is 13.5. The lowest BCUT2D eigenvalue weighted by molar-refractivity contribution is 0.250. The molecule has 0 saturated carbocycles. The number of hydrogen-bond donors (Lipinski definition) is 1. The third kappa shape index (κ3) is 2.94. The van der Waals surface area contributed by atoms with Crippen LogP contribution in [0, 0.1) is 19.8 Å². The van der Waals surface area contributed by atoms with Crippen molar-refractivity contribution >= 4 is 22.4 Å². The van der Waals surface area contributed by atoms with Crippen molar-refractivity contribution in [3.05, 3.63) is 11.5 Å². The molecule has 110 valence electrons. The Morgan fingerprint density at radius 1 is 1.42 bits per heavy atom.